The normalized spacial score (nSPS) is 11.8. The zero-order valence-electron chi connectivity index (χ0n) is 25.5. The van der Waals surface area contributed by atoms with Gasteiger partial charge in [0.2, 0.25) is 0 Å². The van der Waals surface area contributed by atoms with Gasteiger partial charge in [-0.15, -0.1) is 0 Å². The minimum atomic E-state index is 0.469. The molecule has 224 valence electrons. The van der Waals surface area contributed by atoms with Crippen molar-refractivity contribution in [1.82, 2.24) is 19.9 Å². The average Bonchev–Trinajstić information content (AvgIpc) is 3.73. The van der Waals surface area contributed by atoms with E-state index in [0.29, 0.717) is 23.2 Å². The number of rotatable bonds is 4. The number of furan rings is 2. The minimum Gasteiger partial charge on any atom is -0.456 e. The summed E-state index contributed by atoms with van der Waals surface area (Å²) in [5.74, 6) is 1.57. The summed E-state index contributed by atoms with van der Waals surface area (Å²) in [6, 6.07) is 47.2. The summed E-state index contributed by atoms with van der Waals surface area (Å²) in [5.41, 5.74) is 7.85. The van der Waals surface area contributed by atoms with Crippen LogP contribution in [0.2, 0.25) is 0 Å². The molecule has 0 amide bonds. The molecule has 0 aliphatic rings. The number of pyridine rings is 1. The quantitative estimate of drug-likeness (QED) is 0.196. The van der Waals surface area contributed by atoms with E-state index in [1.807, 2.05) is 72.8 Å². The Bertz CT molecular complexity index is 2720. The SMILES string of the molecule is c1ccc(-c2ccc3cc(-c4nc(-c5cccc6oc7ccccc7c56)nc(-c5nccc6oc7ccccc7c56)n4)ccc3c2)cc1. The topological polar surface area (TPSA) is 77.8 Å². The van der Waals surface area contributed by atoms with E-state index in [0.717, 1.165) is 65.8 Å². The largest absolute Gasteiger partial charge is 0.456 e. The van der Waals surface area contributed by atoms with Gasteiger partial charge in [-0.3, -0.25) is 4.98 Å². The van der Waals surface area contributed by atoms with Crippen LogP contribution in [0.3, 0.4) is 0 Å². The first kappa shape index (κ1) is 26.5. The van der Waals surface area contributed by atoms with Crippen LogP contribution in [0.4, 0.5) is 0 Å². The van der Waals surface area contributed by atoms with Crippen LogP contribution in [0.25, 0.3) is 100 Å². The monoisotopic (exact) mass is 616 g/mol. The van der Waals surface area contributed by atoms with Crippen LogP contribution in [-0.2, 0) is 0 Å². The van der Waals surface area contributed by atoms with Crippen LogP contribution >= 0.6 is 0 Å². The molecule has 48 heavy (non-hydrogen) atoms. The molecule has 0 aliphatic heterocycles. The van der Waals surface area contributed by atoms with Gasteiger partial charge < -0.3 is 8.83 Å². The Labute approximate surface area is 274 Å². The molecule has 0 saturated heterocycles. The van der Waals surface area contributed by atoms with E-state index in [1.165, 1.54) is 11.1 Å². The highest BCUT2D eigenvalue weighted by Crippen LogP contribution is 2.38. The molecular weight excluding hydrogens is 592 g/mol. The third kappa shape index (κ3) is 4.20. The molecule has 4 aromatic heterocycles. The molecule has 0 fully saturated rings. The molecule has 10 rings (SSSR count). The van der Waals surface area contributed by atoms with Gasteiger partial charge >= 0.3 is 0 Å². The number of aromatic nitrogens is 4. The van der Waals surface area contributed by atoms with Crippen LogP contribution in [0, 0.1) is 0 Å². The molecule has 6 nitrogen and oxygen atoms in total. The number of hydrogen-bond acceptors (Lipinski definition) is 6. The predicted molar refractivity (Wildman–Crippen MR) is 191 cm³/mol. The first-order valence-corrected chi connectivity index (χ1v) is 15.8. The third-order valence-corrected chi connectivity index (χ3v) is 8.99. The Morgan fingerprint density at radius 1 is 0.396 bits per heavy atom. The lowest BCUT2D eigenvalue weighted by molar-refractivity contribution is 0.668. The summed E-state index contributed by atoms with van der Waals surface area (Å²) in [6.45, 7) is 0. The summed E-state index contributed by atoms with van der Waals surface area (Å²) in [4.78, 5) is 20.2. The third-order valence-electron chi connectivity index (χ3n) is 8.99. The second-order valence-electron chi connectivity index (χ2n) is 11.9. The zero-order valence-corrected chi connectivity index (χ0v) is 25.5. The van der Waals surface area contributed by atoms with Gasteiger partial charge in [-0.2, -0.15) is 0 Å². The molecular formula is C42H24N4O2. The van der Waals surface area contributed by atoms with Crippen molar-refractivity contribution in [2.24, 2.45) is 0 Å². The number of para-hydroxylation sites is 2. The maximum absolute atomic E-state index is 6.23. The molecule has 0 spiro atoms. The fourth-order valence-corrected chi connectivity index (χ4v) is 6.73. The molecule has 0 N–H and O–H groups in total. The van der Waals surface area contributed by atoms with Crippen LogP contribution in [0.5, 0.6) is 0 Å². The molecule has 0 unspecified atom stereocenters. The molecule has 6 aromatic carbocycles. The van der Waals surface area contributed by atoms with E-state index in [-0.39, 0.29) is 0 Å². The molecule has 0 saturated carbocycles. The van der Waals surface area contributed by atoms with Crippen molar-refractivity contribution >= 4 is 54.6 Å². The molecule has 0 radical (unpaired) electrons. The van der Waals surface area contributed by atoms with E-state index in [2.05, 4.69) is 66.7 Å². The molecule has 0 bridgehead atoms. The molecule has 0 aliphatic carbocycles. The lowest BCUT2D eigenvalue weighted by atomic mass is 10.00. The smallest absolute Gasteiger partial charge is 0.183 e. The van der Waals surface area contributed by atoms with Crippen LogP contribution in [0.1, 0.15) is 0 Å². The maximum atomic E-state index is 6.23. The second-order valence-corrected chi connectivity index (χ2v) is 11.9. The van der Waals surface area contributed by atoms with Crippen LogP contribution in [0.15, 0.2) is 155 Å². The zero-order chi connectivity index (χ0) is 31.6. The van der Waals surface area contributed by atoms with Crippen molar-refractivity contribution in [2.45, 2.75) is 0 Å². The highest BCUT2D eigenvalue weighted by molar-refractivity contribution is 6.13. The lowest BCUT2D eigenvalue weighted by Crippen LogP contribution is -2.01. The van der Waals surface area contributed by atoms with Crippen LogP contribution in [-0.4, -0.2) is 19.9 Å². The van der Waals surface area contributed by atoms with Gasteiger partial charge in [-0.25, -0.2) is 15.0 Å². The van der Waals surface area contributed by atoms with Gasteiger partial charge in [-0.05, 0) is 58.3 Å². The summed E-state index contributed by atoms with van der Waals surface area (Å²) < 4.78 is 12.4. The van der Waals surface area contributed by atoms with E-state index >= 15 is 0 Å². The summed E-state index contributed by atoms with van der Waals surface area (Å²) >= 11 is 0. The first-order chi connectivity index (χ1) is 23.8. The minimum absolute atomic E-state index is 0.469. The van der Waals surface area contributed by atoms with Crippen molar-refractivity contribution in [3.8, 4) is 45.4 Å². The summed E-state index contributed by atoms with van der Waals surface area (Å²) in [7, 11) is 0. The van der Waals surface area contributed by atoms with E-state index in [9.17, 15) is 0 Å². The Morgan fingerprint density at radius 2 is 1.00 bits per heavy atom. The molecule has 0 atom stereocenters. The van der Waals surface area contributed by atoms with Crippen molar-refractivity contribution < 1.29 is 8.83 Å². The molecule has 4 heterocycles. The second kappa shape index (κ2) is 10.4. The van der Waals surface area contributed by atoms with Gasteiger partial charge in [0, 0.05) is 33.5 Å². The van der Waals surface area contributed by atoms with Crippen molar-refractivity contribution in [1.29, 1.82) is 0 Å². The average molecular weight is 617 g/mol. The van der Waals surface area contributed by atoms with E-state index in [1.54, 1.807) is 6.20 Å². The van der Waals surface area contributed by atoms with E-state index in [4.69, 9.17) is 28.8 Å². The highest BCUT2D eigenvalue weighted by Gasteiger charge is 2.21. The first-order valence-electron chi connectivity index (χ1n) is 15.8. The number of nitrogens with zero attached hydrogens (tertiary/aromatic N) is 4. The predicted octanol–water partition coefficient (Wildman–Crippen LogP) is 10.9. The fraction of sp³-hybridized carbons (Fsp3) is 0. The van der Waals surface area contributed by atoms with Crippen molar-refractivity contribution in [3.63, 3.8) is 0 Å². The molecule has 6 heteroatoms. The lowest BCUT2D eigenvalue weighted by Gasteiger charge is -2.10. The maximum Gasteiger partial charge on any atom is 0.183 e. The number of hydrogen-bond donors (Lipinski definition) is 0. The van der Waals surface area contributed by atoms with Gasteiger partial charge in [0.05, 0.1) is 5.39 Å². The standard InChI is InChI=1S/C42H24N4O2/c1-2-9-25(10-3-1)26-17-18-28-24-29(20-19-27(28)23-26)40-44-41(32-13-8-16-35-37(32)30-11-4-6-14-33(30)47-35)46-42(45-40)39-38-31-12-5-7-15-34(31)48-36(38)21-22-43-39/h1-24H. The van der Waals surface area contributed by atoms with Crippen LogP contribution < -0.4 is 0 Å². The van der Waals surface area contributed by atoms with E-state index < -0.39 is 0 Å². The number of fused-ring (bicyclic) bond motifs is 7. The Morgan fingerprint density at radius 3 is 1.79 bits per heavy atom. The van der Waals surface area contributed by atoms with Gasteiger partial charge in [0.1, 0.15) is 28.0 Å². The summed E-state index contributed by atoms with van der Waals surface area (Å²) in [5, 5.41) is 6.04. The van der Waals surface area contributed by atoms with Crippen molar-refractivity contribution in [3.05, 3.63) is 146 Å². The van der Waals surface area contributed by atoms with Gasteiger partial charge in [0.25, 0.3) is 0 Å². The summed E-state index contributed by atoms with van der Waals surface area (Å²) in [6.07, 6.45) is 1.74. The fourth-order valence-electron chi connectivity index (χ4n) is 6.73. The highest BCUT2D eigenvalue weighted by atomic mass is 16.3. The Balaban J connectivity index is 1.22. The van der Waals surface area contributed by atoms with Gasteiger partial charge in [0.15, 0.2) is 17.5 Å². The van der Waals surface area contributed by atoms with Gasteiger partial charge in [-0.1, -0.05) is 103 Å². The Kier molecular flexibility index (Phi) is 5.77. The van der Waals surface area contributed by atoms with Crippen molar-refractivity contribution in [2.75, 3.05) is 0 Å². The Hall–Kier alpha value is -6.66. The molecule has 10 aromatic rings. The number of benzene rings is 6.